The molecular weight excluding hydrogens is 448 g/mol. The Kier molecular flexibility index (Phi) is 9.75. The van der Waals surface area contributed by atoms with Crippen molar-refractivity contribution in [2.24, 2.45) is 23.7 Å². The lowest BCUT2D eigenvalue weighted by Crippen LogP contribution is -2.25. The molecule has 0 bridgehead atoms. The molecule has 0 aromatic heterocycles. The molecule has 0 unspecified atom stereocenters. The van der Waals surface area contributed by atoms with Crippen LogP contribution in [0.25, 0.3) is 0 Å². The molecule has 0 spiro atoms. The first-order chi connectivity index (χ1) is 17.0. The number of benzene rings is 1. The highest BCUT2D eigenvalue weighted by Crippen LogP contribution is 2.46. The summed E-state index contributed by atoms with van der Waals surface area (Å²) >= 11 is 0. The summed E-state index contributed by atoms with van der Waals surface area (Å²) in [5, 5.41) is 0. The fourth-order valence-electron chi connectivity index (χ4n) is 7.49. The fourth-order valence-corrected chi connectivity index (χ4v) is 7.49. The standard InChI is InChI=1S/C31H44F4/c1-2-3-21-4-10-25(11-5-21)28-16-17-29(31(35)30(28)34)26-14-12-24(13-15-26)23-8-6-22(7-9-23)20-27(33)18-19-32/h16-17,20-26H,2-15,18-19H2,1H3/b27-20-. The van der Waals surface area contributed by atoms with Gasteiger partial charge in [-0.25, -0.2) is 13.2 Å². The predicted molar refractivity (Wildman–Crippen MR) is 136 cm³/mol. The second kappa shape index (κ2) is 12.8. The van der Waals surface area contributed by atoms with Crippen molar-refractivity contribution in [2.45, 2.75) is 115 Å². The third-order valence-electron chi connectivity index (χ3n) is 9.57. The van der Waals surface area contributed by atoms with Gasteiger partial charge in [-0.2, -0.15) is 0 Å². The maximum absolute atomic E-state index is 15.2. The van der Waals surface area contributed by atoms with Gasteiger partial charge in [0.1, 0.15) is 0 Å². The highest BCUT2D eigenvalue weighted by molar-refractivity contribution is 5.32. The summed E-state index contributed by atoms with van der Waals surface area (Å²) in [6.45, 7) is 1.59. The lowest BCUT2D eigenvalue weighted by Gasteiger charge is -2.37. The first-order valence-electron chi connectivity index (χ1n) is 14.4. The van der Waals surface area contributed by atoms with Gasteiger partial charge in [0.25, 0.3) is 0 Å². The summed E-state index contributed by atoms with van der Waals surface area (Å²) in [4.78, 5) is 0. The van der Waals surface area contributed by atoms with Gasteiger partial charge in [0, 0.05) is 6.42 Å². The molecular formula is C31H44F4. The Labute approximate surface area is 210 Å². The van der Waals surface area contributed by atoms with E-state index in [4.69, 9.17) is 0 Å². The van der Waals surface area contributed by atoms with Gasteiger partial charge in [-0.1, -0.05) is 31.9 Å². The van der Waals surface area contributed by atoms with Crippen LogP contribution >= 0.6 is 0 Å². The van der Waals surface area contributed by atoms with Crippen LogP contribution in [0.3, 0.4) is 0 Å². The van der Waals surface area contributed by atoms with E-state index in [9.17, 15) is 8.78 Å². The van der Waals surface area contributed by atoms with Crippen molar-refractivity contribution in [3.05, 3.63) is 46.8 Å². The minimum absolute atomic E-state index is 0.0951. The number of rotatable bonds is 8. The maximum Gasteiger partial charge on any atom is 0.162 e. The molecule has 0 heterocycles. The summed E-state index contributed by atoms with van der Waals surface area (Å²) in [5.41, 5.74) is 1.19. The highest BCUT2D eigenvalue weighted by Gasteiger charge is 2.33. The van der Waals surface area contributed by atoms with E-state index in [1.165, 1.54) is 12.8 Å². The van der Waals surface area contributed by atoms with E-state index in [0.717, 1.165) is 83.0 Å². The van der Waals surface area contributed by atoms with Crippen LogP contribution in [0.1, 0.15) is 126 Å². The van der Waals surface area contributed by atoms with Crippen LogP contribution in [0.5, 0.6) is 0 Å². The molecule has 0 aliphatic heterocycles. The summed E-state index contributed by atoms with van der Waals surface area (Å²) in [6.07, 6.45) is 16.4. The molecule has 3 aliphatic carbocycles. The number of alkyl halides is 1. The lowest BCUT2D eigenvalue weighted by molar-refractivity contribution is 0.170. The second-order valence-corrected chi connectivity index (χ2v) is 11.7. The van der Waals surface area contributed by atoms with Gasteiger partial charge in [0.2, 0.25) is 0 Å². The van der Waals surface area contributed by atoms with E-state index in [1.54, 1.807) is 6.08 Å². The zero-order valence-electron chi connectivity index (χ0n) is 21.5. The van der Waals surface area contributed by atoms with E-state index >= 15 is 8.78 Å². The fraction of sp³-hybridized carbons (Fsp3) is 0.742. The first kappa shape index (κ1) is 26.7. The Morgan fingerprint density at radius 1 is 0.771 bits per heavy atom. The predicted octanol–water partition coefficient (Wildman–Crippen LogP) is 10.3. The van der Waals surface area contributed by atoms with E-state index < -0.39 is 18.3 Å². The summed E-state index contributed by atoms with van der Waals surface area (Å²) in [6, 6.07) is 3.78. The molecule has 196 valence electrons. The molecule has 1 aromatic carbocycles. The Morgan fingerprint density at radius 2 is 1.26 bits per heavy atom. The molecule has 35 heavy (non-hydrogen) atoms. The van der Waals surface area contributed by atoms with Crippen LogP contribution in [0, 0.1) is 35.3 Å². The zero-order valence-corrected chi connectivity index (χ0v) is 21.5. The summed E-state index contributed by atoms with van der Waals surface area (Å²) < 4.78 is 56.3. The topological polar surface area (TPSA) is 0 Å². The van der Waals surface area contributed by atoms with E-state index in [0.29, 0.717) is 23.0 Å². The maximum atomic E-state index is 15.2. The van der Waals surface area contributed by atoms with Gasteiger partial charge in [0.15, 0.2) is 11.6 Å². The minimum atomic E-state index is -0.631. The highest BCUT2D eigenvalue weighted by atomic mass is 19.2. The van der Waals surface area contributed by atoms with Crippen molar-refractivity contribution < 1.29 is 17.6 Å². The largest absolute Gasteiger partial charge is 0.251 e. The zero-order chi connectivity index (χ0) is 24.8. The van der Waals surface area contributed by atoms with Gasteiger partial charge >= 0.3 is 0 Å². The van der Waals surface area contributed by atoms with Gasteiger partial charge in [-0.15, -0.1) is 0 Å². The molecule has 1 aromatic rings. The Morgan fingerprint density at radius 3 is 1.74 bits per heavy atom. The molecule has 3 fully saturated rings. The minimum Gasteiger partial charge on any atom is -0.251 e. The number of hydrogen-bond acceptors (Lipinski definition) is 0. The van der Waals surface area contributed by atoms with Crippen molar-refractivity contribution in [2.75, 3.05) is 6.67 Å². The number of hydrogen-bond donors (Lipinski definition) is 0. The second-order valence-electron chi connectivity index (χ2n) is 11.7. The van der Waals surface area contributed by atoms with Crippen molar-refractivity contribution in [1.29, 1.82) is 0 Å². The van der Waals surface area contributed by atoms with Crippen LogP contribution in [0.4, 0.5) is 17.6 Å². The Balaban J connectivity index is 1.29. The normalized spacial score (nSPS) is 32.5. The monoisotopic (exact) mass is 492 g/mol. The molecule has 3 saturated carbocycles. The van der Waals surface area contributed by atoms with E-state index in [2.05, 4.69) is 6.92 Å². The van der Waals surface area contributed by atoms with Crippen LogP contribution in [0.2, 0.25) is 0 Å². The smallest absolute Gasteiger partial charge is 0.162 e. The molecule has 0 N–H and O–H groups in total. The SMILES string of the molecule is CCCC1CCC(c2ccc(C3CCC(C4CCC(/C=C(\F)CCF)CC4)CC3)c(F)c2F)CC1. The van der Waals surface area contributed by atoms with Gasteiger partial charge in [-0.3, -0.25) is 4.39 Å². The first-order valence-corrected chi connectivity index (χ1v) is 14.4. The van der Waals surface area contributed by atoms with Crippen molar-refractivity contribution >= 4 is 0 Å². The van der Waals surface area contributed by atoms with E-state index in [1.807, 2.05) is 12.1 Å². The van der Waals surface area contributed by atoms with Crippen LogP contribution in [-0.2, 0) is 0 Å². The molecule has 4 heteroatoms. The molecule has 0 radical (unpaired) electrons. The van der Waals surface area contributed by atoms with Crippen LogP contribution < -0.4 is 0 Å². The average Bonchev–Trinajstić information content (AvgIpc) is 2.87. The van der Waals surface area contributed by atoms with Gasteiger partial charge < -0.3 is 0 Å². The number of halogens is 4. The van der Waals surface area contributed by atoms with Crippen molar-refractivity contribution in [3.8, 4) is 0 Å². The molecule has 0 amide bonds. The average molecular weight is 493 g/mol. The molecule has 0 atom stereocenters. The van der Waals surface area contributed by atoms with Gasteiger partial charge in [-0.05, 0) is 130 Å². The third-order valence-corrected chi connectivity index (χ3v) is 9.57. The summed E-state index contributed by atoms with van der Waals surface area (Å²) in [7, 11) is 0. The quantitative estimate of drug-likeness (QED) is 0.317. The van der Waals surface area contributed by atoms with Crippen molar-refractivity contribution in [1.82, 2.24) is 0 Å². The Hall–Kier alpha value is -1.32. The molecule has 3 aliphatic rings. The van der Waals surface area contributed by atoms with Gasteiger partial charge in [0.05, 0.1) is 12.5 Å². The molecule has 4 rings (SSSR count). The molecule has 0 saturated heterocycles. The Bertz CT molecular complexity index is 823. The molecule has 0 nitrogen and oxygen atoms in total. The lowest BCUT2D eigenvalue weighted by atomic mass is 9.68. The van der Waals surface area contributed by atoms with E-state index in [-0.39, 0.29) is 30.0 Å². The third kappa shape index (κ3) is 6.72. The van der Waals surface area contributed by atoms with Crippen molar-refractivity contribution in [3.63, 3.8) is 0 Å². The summed E-state index contributed by atoms with van der Waals surface area (Å²) in [5.74, 6) is 1.08. The van der Waals surface area contributed by atoms with Crippen LogP contribution in [0.15, 0.2) is 24.0 Å². The van der Waals surface area contributed by atoms with Crippen LogP contribution in [-0.4, -0.2) is 6.67 Å². The number of allylic oxidation sites excluding steroid dienone is 2.